The molecule has 0 saturated carbocycles. The van der Waals surface area contributed by atoms with Crippen LogP contribution in [0.25, 0.3) is 16.8 Å². The zero-order valence-corrected chi connectivity index (χ0v) is 15.5. The van der Waals surface area contributed by atoms with E-state index in [2.05, 4.69) is 77.6 Å². The quantitative estimate of drug-likeness (QED) is 0.680. The molecule has 0 fully saturated rings. The molecule has 26 heavy (non-hydrogen) atoms. The van der Waals surface area contributed by atoms with Gasteiger partial charge in [-0.2, -0.15) is 10.2 Å². The zero-order chi connectivity index (χ0) is 18.1. The molecule has 0 radical (unpaired) electrons. The van der Waals surface area contributed by atoms with Crippen LogP contribution in [0.5, 0.6) is 0 Å². The van der Waals surface area contributed by atoms with E-state index in [0.29, 0.717) is 0 Å². The number of hydrogen-bond acceptors (Lipinski definition) is 3. The van der Waals surface area contributed by atoms with Crippen LogP contribution in [-0.2, 0) is 6.54 Å². The van der Waals surface area contributed by atoms with E-state index in [1.807, 2.05) is 19.1 Å². The molecule has 1 aliphatic rings. The van der Waals surface area contributed by atoms with Crippen LogP contribution in [-0.4, -0.2) is 28.7 Å². The van der Waals surface area contributed by atoms with Gasteiger partial charge in [-0.25, -0.2) is 0 Å². The first-order valence-electron chi connectivity index (χ1n) is 9.00. The van der Waals surface area contributed by atoms with E-state index < -0.39 is 0 Å². The lowest BCUT2D eigenvalue weighted by molar-refractivity contribution is 0.366. The molecule has 1 aliphatic heterocycles. The standard InChI is InChI=1S/C23H23N3/c1-16-4-7-18(8-5-16)22-12-13-26(3)15-20-14-19(9-10-21(20)22)23-11-6-17(2)24-25-23/h4-12,14H,13,15H2,1-3H3. The van der Waals surface area contributed by atoms with Gasteiger partial charge in [0.1, 0.15) is 0 Å². The molecule has 3 aromatic rings. The molecule has 0 saturated heterocycles. The Morgan fingerprint density at radius 2 is 1.62 bits per heavy atom. The van der Waals surface area contributed by atoms with Crippen molar-refractivity contribution in [1.29, 1.82) is 0 Å². The molecule has 0 N–H and O–H groups in total. The molecular weight excluding hydrogens is 318 g/mol. The first-order valence-corrected chi connectivity index (χ1v) is 9.00. The molecule has 0 amide bonds. The monoisotopic (exact) mass is 341 g/mol. The van der Waals surface area contributed by atoms with Crippen molar-refractivity contribution in [2.75, 3.05) is 13.6 Å². The average molecular weight is 341 g/mol. The highest BCUT2D eigenvalue weighted by Gasteiger charge is 2.16. The normalized spacial score (nSPS) is 14.5. The number of aromatic nitrogens is 2. The van der Waals surface area contributed by atoms with Crippen LogP contribution >= 0.6 is 0 Å². The smallest absolute Gasteiger partial charge is 0.0929 e. The van der Waals surface area contributed by atoms with Crippen LogP contribution in [0.3, 0.4) is 0 Å². The molecule has 3 heteroatoms. The number of fused-ring (bicyclic) bond motifs is 1. The largest absolute Gasteiger partial charge is 0.298 e. The van der Waals surface area contributed by atoms with Crippen molar-refractivity contribution in [1.82, 2.24) is 15.1 Å². The van der Waals surface area contributed by atoms with E-state index in [4.69, 9.17) is 0 Å². The molecule has 0 unspecified atom stereocenters. The van der Waals surface area contributed by atoms with Crippen LogP contribution < -0.4 is 0 Å². The van der Waals surface area contributed by atoms with E-state index in [1.165, 1.54) is 27.8 Å². The van der Waals surface area contributed by atoms with Crippen molar-refractivity contribution in [3.05, 3.63) is 88.6 Å². The van der Waals surface area contributed by atoms with E-state index in [-0.39, 0.29) is 0 Å². The van der Waals surface area contributed by atoms with Crippen LogP contribution in [0.2, 0.25) is 0 Å². The maximum atomic E-state index is 4.35. The predicted octanol–water partition coefficient (Wildman–Crippen LogP) is 4.64. The highest BCUT2D eigenvalue weighted by atomic mass is 15.1. The summed E-state index contributed by atoms with van der Waals surface area (Å²) in [4.78, 5) is 2.34. The minimum atomic E-state index is 0.922. The topological polar surface area (TPSA) is 29.0 Å². The highest BCUT2D eigenvalue weighted by molar-refractivity contribution is 5.83. The van der Waals surface area contributed by atoms with Crippen molar-refractivity contribution in [3.8, 4) is 11.3 Å². The minimum Gasteiger partial charge on any atom is -0.298 e. The molecule has 130 valence electrons. The van der Waals surface area contributed by atoms with E-state index >= 15 is 0 Å². The Morgan fingerprint density at radius 1 is 0.846 bits per heavy atom. The molecule has 0 bridgehead atoms. The predicted molar refractivity (Wildman–Crippen MR) is 107 cm³/mol. The second kappa shape index (κ2) is 6.85. The van der Waals surface area contributed by atoms with Crippen molar-refractivity contribution >= 4 is 5.57 Å². The summed E-state index contributed by atoms with van der Waals surface area (Å²) >= 11 is 0. The van der Waals surface area contributed by atoms with Gasteiger partial charge in [-0.05, 0) is 61.4 Å². The average Bonchev–Trinajstić information content (AvgIpc) is 2.81. The second-order valence-electron chi connectivity index (χ2n) is 7.11. The molecule has 1 aromatic heterocycles. The Kier molecular flexibility index (Phi) is 4.39. The lowest BCUT2D eigenvalue weighted by Gasteiger charge is -2.15. The summed E-state index contributed by atoms with van der Waals surface area (Å²) in [5.41, 5.74) is 9.49. The van der Waals surface area contributed by atoms with Gasteiger partial charge in [0.2, 0.25) is 0 Å². The van der Waals surface area contributed by atoms with Crippen LogP contribution in [0.15, 0.2) is 60.7 Å². The zero-order valence-electron chi connectivity index (χ0n) is 15.5. The lowest BCUT2D eigenvalue weighted by atomic mass is 9.92. The molecule has 2 heterocycles. The van der Waals surface area contributed by atoms with E-state index in [9.17, 15) is 0 Å². The fraction of sp³-hybridized carbons (Fsp3) is 0.217. The second-order valence-corrected chi connectivity index (χ2v) is 7.11. The van der Waals surface area contributed by atoms with Crippen LogP contribution in [0.4, 0.5) is 0 Å². The van der Waals surface area contributed by atoms with Gasteiger partial charge in [-0.15, -0.1) is 0 Å². The molecule has 3 nitrogen and oxygen atoms in total. The SMILES string of the molecule is Cc1ccc(C2=CCN(C)Cc3cc(-c4ccc(C)nn4)ccc32)cc1. The van der Waals surface area contributed by atoms with Gasteiger partial charge in [-0.1, -0.05) is 48.0 Å². The first-order chi connectivity index (χ1) is 12.6. The van der Waals surface area contributed by atoms with Crippen molar-refractivity contribution in [3.63, 3.8) is 0 Å². The third-order valence-corrected chi connectivity index (χ3v) is 4.90. The number of hydrogen-bond donors (Lipinski definition) is 0. The summed E-state index contributed by atoms with van der Waals surface area (Å²) < 4.78 is 0. The fourth-order valence-electron chi connectivity index (χ4n) is 3.42. The number of rotatable bonds is 2. The fourth-order valence-corrected chi connectivity index (χ4v) is 3.42. The van der Waals surface area contributed by atoms with Gasteiger partial charge in [0.15, 0.2) is 0 Å². The van der Waals surface area contributed by atoms with Crippen LogP contribution in [0.1, 0.15) is 27.9 Å². The Labute approximate surface area is 155 Å². The van der Waals surface area contributed by atoms with Crippen molar-refractivity contribution in [2.24, 2.45) is 0 Å². The van der Waals surface area contributed by atoms with Crippen LogP contribution in [0, 0.1) is 13.8 Å². The summed E-state index contributed by atoms with van der Waals surface area (Å²) in [5, 5.41) is 8.55. The molecule has 0 atom stereocenters. The first kappa shape index (κ1) is 16.7. The van der Waals surface area contributed by atoms with Gasteiger partial charge >= 0.3 is 0 Å². The molecule has 4 rings (SSSR count). The Morgan fingerprint density at radius 3 is 2.35 bits per heavy atom. The molecule has 2 aromatic carbocycles. The number of aryl methyl sites for hydroxylation is 2. The van der Waals surface area contributed by atoms with Crippen molar-refractivity contribution in [2.45, 2.75) is 20.4 Å². The third kappa shape index (κ3) is 3.31. The van der Waals surface area contributed by atoms with Gasteiger partial charge in [0.05, 0.1) is 11.4 Å². The summed E-state index contributed by atoms with van der Waals surface area (Å²) in [6, 6.07) is 19.5. The maximum Gasteiger partial charge on any atom is 0.0929 e. The summed E-state index contributed by atoms with van der Waals surface area (Å²) in [6.45, 7) is 5.95. The Balaban J connectivity index is 1.79. The lowest BCUT2D eigenvalue weighted by Crippen LogP contribution is -2.16. The Bertz CT molecular complexity index is 954. The molecular formula is C23H23N3. The minimum absolute atomic E-state index is 0.922. The van der Waals surface area contributed by atoms with Gasteiger partial charge in [-0.3, -0.25) is 4.90 Å². The summed E-state index contributed by atoms with van der Waals surface area (Å²) in [7, 11) is 2.16. The Hall–Kier alpha value is -2.78. The number of likely N-dealkylation sites (N-methyl/N-ethyl adjacent to an activating group) is 1. The number of nitrogens with zero attached hydrogens (tertiary/aromatic N) is 3. The van der Waals surface area contributed by atoms with Gasteiger partial charge < -0.3 is 0 Å². The summed E-state index contributed by atoms with van der Waals surface area (Å²) in [5.74, 6) is 0. The molecule has 0 aliphatic carbocycles. The number of benzene rings is 2. The van der Waals surface area contributed by atoms with Gasteiger partial charge in [0, 0.05) is 18.7 Å². The van der Waals surface area contributed by atoms with Gasteiger partial charge in [0.25, 0.3) is 0 Å². The molecule has 0 spiro atoms. The maximum absolute atomic E-state index is 4.35. The third-order valence-electron chi connectivity index (χ3n) is 4.90. The summed E-state index contributed by atoms with van der Waals surface area (Å²) in [6.07, 6.45) is 2.34. The van der Waals surface area contributed by atoms with E-state index in [0.717, 1.165) is 30.0 Å². The highest BCUT2D eigenvalue weighted by Crippen LogP contribution is 2.32. The van der Waals surface area contributed by atoms with Crippen molar-refractivity contribution < 1.29 is 0 Å². The van der Waals surface area contributed by atoms with E-state index in [1.54, 1.807) is 0 Å².